The zero-order chi connectivity index (χ0) is 29.3. The van der Waals surface area contributed by atoms with E-state index in [9.17, 15) is 19.8 Å². The molecule has 1 aliphatic carbocycles. The van der Waals surface area contributed by atoms with Gasteiger partial charge in [-0.3, -0.25) is 14.5 Å². The summed E-state index contributed by atoms with van der Waals surface area (Å²) < 4.78 is 0. The van der Waals surface area contributed by atoms with E-state index in [0.717, 1.165) is 23.2 Å². The molecule has 42 heavy (non-hydrogen) atoms. The number of nitrogens with one attached hydrogen (secondary N) is 3. The number of aliphatic hydroxyl groups excluding tert-OH is 2. The summed E-state index contributed by atoms with van der Waals surface area (Å²) in [5, 5.41) is 37.5. The van der Waals surface area contributed by atoms with Gasteiger partial charge in [-0.2, -0.15) is 0 Å². The van der Waals surface area contributed by atoms with E-state index in [2.05, 4.69) is 16.0 Å². The smallest absolute Gasteiger partial charge is 0.512 e. The van der Waals surface area contributed by atoms with Crippen LogP contribution in [0.25, 0.3) is 0 Å². The fourth-order valence-corrected chi connectivity index (χ4v) is 5.55. The summed E-state index contributed by atoms with van der Waals surface area (Å²) in [5.74, 6) is -0.738. The first-order valence-electron chi connectivity index (χ1n) is 13.9. The van der Waals surface area contributed by atoms with Crippen molar-refractivity contribution in [2.75, 3.05) is 26.2 Å². The van der Waals surface area contributed by atoms with Gasteiger partial charge in [-0.05, 0) is 50.3 Å². The molecule has 0 bridgehead atoms. The van der Waals surface area contributed by atoms with Gasteiger partial charge >= 0.3 is 29.6 Å². The van der Waals surface area contributed by atoms with Crippen molar-refractivity contribution in [3.63, 3.8) is 0 Å². The van der Waals surface area contributed by atoms with Crippen molar-refractivity contribution in [1.29, 1.82) is 5.26 Å². The largest absolute Gasteiger partial charge is 1.00 e. The Kier molecular flexibility index (Phi) is 16.0. The van der Waals surface area contributed by atoms with Gasteiger partial charge in [-0.1, -0.05) is 54.6 Å². The van der Waals surface area contributed by atoms with E-state index in [0.29, 0.717) is 32.5 Å². The molecule has 0 saturated carbocycles. The van der Waals surface area contributed by atoms with E-state index in [1.54, 1.807) is 0 Å². The Balaban J connectivity index is 0.00000216. The molecule has 9 nitrogen and oxygen atoms in total. The third-order valence-electron chi connectivity index (χ3n) is 7.35. The van der Waals surface area contributed by atoms with Gasteiger partial charge in [-0.25, -0.2) is 0 Å². The summed E-state index contributed by atoms with van der Waals surface area (Å²) in [4.78, 5) is 28.5. The van der Waals surface area contributed by atoms with Crippen molar-refractivity contribution in [3.05, 3.63) is 77.9 Å². The van der Waals surface area contributed by atoms with Crippen molar-refractivity contribution in [2.24, 2.45) is 5.92 Å². The summed E-state index contributed by atoms with van der Waals surface area (Å²) >= 11 is 0. The van der Waals surface area contributed by atoms with Gasteiger partial charge in [0.1, 0.15) is 6.04 Å². The second-order valence-electron chi connectivity index (χ2n) is 11.7. The molecule has 1 fully saturated rings. The number of aliphatic hydroxyl groups is 2. The van der Waals surface area contributed by atoms with Crippen molar-refractivity contribution in [1.82, 2.24) is 20.9 Å². The average molecular weight is 583 g/mol. The maximum atomic E-state index is 13.6. The van der Waals surface area contributed by atoms with Crippen LogP contribution in [-0.2, 0) is 22.4 Å². The molecular formula is C31H42BN5NaO4. The molecule has 5 atom stereocenters. The average Bonchev–Trinajstić information content (AvgIpc) is 3.24. The Labute approximate surface area is 274 Å². The SMILES string of the molecule is CC(C)(C)NC(=O)[C@@H]1CNCCN1C[C@@H](O)C[C@@H](Cc1ccccc1)C(=O)NC1c2ccccc2C[C@H]1O.[B].[C-]#N.[Na+]. The molecule has 3 radical (unpaired) electrons. The van der Waals surface area contributed by atoms with E-state index in [-0.39, 0.29) is 67.8 Å². The van der Waals surface area contributed by atoms with Crippen LogP contribution >= 0.6 is 0 Å². The van der Waals surface area contributed by atoms with Crippen LogP contribution in [0, 0.1) is 17.8 Å². The van der Waals surface area contributed by atoms with Crippen molar-refractivity contribution in [3.8, 4) is 0 Å². The molecule has 1 heterocycles. The molecule has 1 saturated heterocycles. The third kappa shape index (κ3) is 10.8. The molecule has 11 heteroatoms. The predicted molar refractivity (Wildman–Crippen MR) is 158 cm³/mol. The third-order valence-corrected chi connectivity index (χ3v) is 7.35. The number of benzene rings is 2. The normalized spacial score (nSPS) is 21.2. The fourth-order valence-electron chi connectivity index (χ4n) is 5.55. The summed E-state index contributed by atoms with van der Waals surface area (Å²) in [6, 6.07) is 16.7. The van der Waals surface area contributed by atoms with Crippen molar-refractivity contribution >= 4 is 20.2 Å². The van der Waals surface area contributed by atoms with Crippen LogP contribution in [0.1, 0.15) is 49.9 Å². The van der Waals surface area contributed by atoms with Crippen molar-refractivity contribution < 1.29 is 49.4 Å². The van der Waals surface area contributed by atoms with Crippen molar-refractivity contribution in [2.45, 2.75) is 69.9 Å². The summed E-state index contributed by atoms with van der Waals surface area (Å²) in [6.45, 7) is 12.8. The van der Waals surface area contributed by atoms with E-state index in [1.807, 2.05) is 80.3 Å². The van der Waals surface area contributed by atoms with Gasteiger partial charge in [0.2, 0.25) is 11.8 Å². The number of nitrogens with zero attached hydrogens (tertiary/aromatic N) is 2. The van der Waals surface area contributed by atoms with Crippen LogP contribution in [0.15, 0.2) is 54.6 Å². The van der Waals surface area contributed by atoms with Gasteiger partial charge < -0.3 is 38.0 Å². The van der Waals surface area contributed by atoms with E-state index in [4.69, 9.17) is 11.8 Å². The number of amides is 2. The van der Waals surface area contributed by atoms with Crippen LogP contribution in [0.2, 0.25) is 0 Å². The van der Waals surface area contributed by atoms with E-state index >= 15 is 0 Å². The Hall–Kier alpha value is -2.23. The molecule has 2 amide bonds. The number of piperazine rings is 1. The zero-order valence-corrected chi connectivity index (χ0v) is 27.2. The van der Waals surface area contributed by atoms with Crippen LogP contribution in [0.5, 0.6) is 0 Å². The van der Waals surface area contributed by atoms with Gasteiger partial charge in [0.25, 0.3) is 0 Å². The quantitative estimate of drug-likeness (QED) is 0.175. The van der Waals surface area contributed by atoms with Gasteiger partial charge in [-0.15, -0.1) is 0 Å². The van der Waals surface area contributed by atoms with E-state index < -0.39 is 24.2 Å². The maximum absolute atomic E-state index is 13.6. The molecule has 2 aromatic carbocycles. The second-order valence-corrected chi connectivity index (χ2v) is 11.7. The Morgan fingerprint density at radius 1 is 1.12 bits per heavy atom. The molecule has 219 valence electrons. The number of hydrogen-bond donors (Lipinski definition) is 5. The van der Waals surface area contributed by atoms with E-state index in [1.165, 1.54) is 0 Å². The number of hydrogen-bond acceptors (Lipinski definition) is 7. The molecule has 1 unspecified atom stereocenters. The fraction of sp³-hybridized carbons (Fsp3) is 0.516. The molecule has 4 rings (SSSR count). The molecule has 0 aromatic heterocycles. The number of fused-ring (bicyclic) bond motifs is 1. The van der Waals surface area contributed by atoms with Gasteiger partial charge in [0, 0.05) is 52.5 Å². The molecule has 5 N–H and O–H groups in total. The minimum Gasteiger partial charge on any atom is -0.512 e. The minimum absolute atomic E-state index is 0. The summed E-state index contributed by atoms with van der Waals surface area (Å²) in [7, 11) is 0. The molecule has 2 aromatic rings. The number of rotatable bonds is 9. The van der Waals surface area contributed by atoms with Crippen LogP contribution < -0.4 is 45.5 Å². The van der Waals surface area contributed by atoms with Gasteiger partial charge in [0.05, 0.1) is 18.2 Å². The number of carbonyl (C=O) groups excluding carboxylic acids is 2. The first-order chi connectivity index (χ1) is 19.1. The number of carbonyl (C=O) groups is 2. The molecule has 1 aliphatic heterocycles. The molecular weight excluding hydrogens is 540 g/mol. The minimum atomic E-state index is -0.793. The summed E-state index contributed by atoms with van der Waals surface area (Å²) in [6.07, 6.45) is -0.236. The van der Waals surface area contributed by atoms with Gasteiger partial charge in [0.15, 0.2) is 0 Å². The Bertz CT molecular complexity index is 1150. The Morgan fingerprint density at radius 3 is 2.43 bits per heavy atom. The zero-order valence-electron chi connectivity index (χ0n) is 25.2. The number of β-amino-alcohol motifs (C(OH)–C–C–N with tert-alkyl or cyclic N) is 1. The van der Waals surface area contributed by atoms with Crippen LogP contribution in [0.4, 0.5) is 0 Å². The maximum Gasteiger partial charge on any atom is 1.00 e. The standard InChI is InChI=1S/C30H42N4O4.CN.B.Na/c1-30(2,3)33-29(38)25-18-31-13-14-34(25)19-23(35)16-22(15-20-9-5-4-6-10-20)28(37)32-27-24-12-8-7-11-21(24)17-26(27)36;1-2;;/h4-12,22-23,25-27,31,35-36H,13-19H2,1-3H3,(H,32,37)(H,33,38);;;/q;-1;;+1/t22-,23+,25+,26-,27?;;;/m1.../s1. The van der Waals surface area contributed by atoms with Crippen LogP contribution in [0.3, 0.4) is 0 Å². The predicted octanol–water partition coefficient (Wildman–Crippen LogP) is -1.72. The summed E-state index contributed by atoms with van der Waals surface area (Å²) in [5.41, 5.74) is 2.65. The first kappa shape index (κ1) is 37.8. The second kappa shape index (κ2) is 17.8. The Morgan fingerprint density at radius 2 is 1.76 bits per heavy atom. The monoisotopic (exact) mass is 582 g/mol. The first-order valence-corrected chi connectivity index (χ1v) is 13.9. The molecule has 2 aliphatic rings. The van der Waals surface area contributed by atoms with Crippen LogP contribution in [-0.4, -0.2) is 85.3 Å². The topological polar surface area (TPSA) is 138 Å². The molecule has 0 spiro atoms.